The molecule has 0 radical (unpaired) electrons. The molecule has 2 aromatic carbocycles. The third-order valence-corrected chi connectivity index (χ3v) is 7.67. The number of aromatic nitrogens is 3. The van der Waals surface area contributed by atoms with E-state index in [-0.39, 0.29) is 0 Å². The second kappa shape index (κ2) is 5.96. The molecule has 29 heavy (non-hydrogen) atoms. The van der Waals surface area contributed by atoms with Crippen LogP contribution in [0, 0.1) is 0 Å². The molecule has 0 amide bonds. The number of hydrogen-bond donors (Lipinski definition) is 1. The zero-order valence-electron chi connectivity index (χ0n) is 16.6. The van der Waals surface area contributed by atoms with E-state index in [1.165, 1.54) is 84.1 Å². The van der Waals surface area contributed by atoms with Gasteiger partial charge in [0.2, 0.25) is 0 Å². The minimum atomic E-state index is 0.594. The fraction of sp³-hybridized carbons (Fsp3) is 0.400. The van der Waals surface area contributed by atoms with E-state index in [4.69, 9.17) is 4.98 Å². The lowest BCUT2D eigenvalue weighted by Gasteiger charge is -2.37. The third-order valence-electron chi connectivity index (χ3n) is 7.67. The van der Waals surface area contributed by atoms with Crippen molar-refractivity contribution in [1.29, 1.82) is 0 Å². The highest BCUT2D eigenvalue weighted by molar-refractivity contribution is 5.88. The first-order valence-electron chi connectivity index (χ1n) is 11.2. The van der Waals surface area contributed by atoms with E-state index >= 15 is 0 Å². The van der Waals surface area contributed by atoms with Crippen molar-refractivity contribution in [3.05, 3.63) is 54.5 Å². The Morgan fingerprint density at radius 3 is 2.66 bits per heavy atom. The summed E-state index contributed by atoms with van der Waals surface area (Å²) in [6.45, 7) is 2.42. The predicted octanol–water partition coefficient (Wildman–Crippen LogP) is 5.47. The average molecular weight is 383 g/mol. The third kappa shape index (κ3) is 2.39. The van der Waals surface area contributed by atoms with Gasteiger partial charge in [0, 0.05) is 42.8 Å². The Morgan fingerprint density at radius 2 is 1.76 bits per heavy atom. The van der Waals surface area contributed by atoms with Gasteiger partial charge in [0.1, 0.15) is 5.82 Å². The molecule has 2 aromatic heterocycles. The zero-order valence-corrected chi connectivity index (χ0v) is 16.6. The first-order valence-corrected chi connectivity index (χ1v) is 11.2. The number of fused-ring (bicyclic) bond motifs is 5. The molecule has 1 aliphatic carbocycles. The van der Waals surface area contributed by atoms with Gasteiger partial charge in [-0.1, -0.05) is 18.6 Å². The van der Waals surface area contributed by atoms with Crippen LogP contribution in [0.3, 0.4) is 0 Å². The van der Waals surface area contributed by atoms with Crippen molar-refractivity contribution in [2.75, 3.05) is 13.1 Å². The minimum Gasteiger partial charge on any atom is -0.361 e. The minimum absolute atomic E-state index is 0.594. The summed E-state index contributed by atoms with van der Waals surface area (Å²) in [6.07, 6.45) is 8.83. The second-order valence-corrected chi connectivity index (χ2v) is 9.29. The normalized spacial score (nSPS) is 24.7. The number of benzene rings is 2. The summed E-state index contributed by atoms with van der Waals surface area (Å²) < 4.78 is 2.60. The molecule has 4 aliphatic rings. The molecule has 3 aliphatic heterocycles. The molecule has 2 unspecified atom stereocenters. The van der Waals surface area contributed by atoms with E-state index in [1.807, 2.05) is 6.20 Å². The van der Waals surface area contributed by atoms with Crippen LogP contribution in [0.25, 0.3) is 33.1 Å². The molecule has 2 atom stereocenters. The van der Waals surface area contributed by atoms with E-state index in [2.05, 4.69) is 56.9 Å². The molecule has 5 heterocycles. The largest absolute Gasteiger partial charge is 0.361 e. The molecule has 1 saturated heterocycles. The standard InChI is InChI=1S/C25H26N4/c1-2-20(3-1)28-14-19-4-7-21(15-28)29-24-9-6-17(13-23(24)27-25(19)29)16-5-8-22-18(12-16)10-11-26-22/h5-6,8-13,19-21,26H,1-4,7,14-15H2. The summed E-state index contributed by atoms with van der Waals surface area (Å²) >= 11 is 0. The quantitative estimate of drug-likeness (QED) is 0.499. The smallest absolute Gasteiger partial charge is 0.114 e. The van der Waals surface area contributed by atoms with Crippen LogP contribution in [0.4, 0.5) is 0 Å². The molecule has 1 saturated carbocycles. The highest BCUT2D eigenvalue weighted by Crippen LogP contribution is 2.43. The number of aromatic amines is 1. The van der Waals surface area contributed by atoms with Gasteiger partial charge < -0.3 is 9.55 Å². The zero-order chi connectivity index (χ0) is 18.9. The molecule has 8 rings (SSSR count). The number of nitrogens with one attached hydrogen (secondary N) is 1. The van der Waals surface area contributed by atoms with Gasteiger partial charge in [0.25, 0.3) is 0 Å². The molecule has 146 valence electrons. The second-order valence-electron chi connectivity index (χ2n) is 9.29. The number of imidazole rings is 1. The lowest BCUT2D eigenvalue weighted by atomic mass is 9.91. The molecule has 4 aromatic rings. The van der Waals surface area contributed by atoms with E-state index in [1.54, 1.807) is 0 Å². The van der Waals surface area contributed by atoms with Crippen LogP contribution in [0.2, 0.25) is 0 Å². The fourth-order valence-corrected chi connectivity index (χ4v) is 5.88. The van der Waals surface area contributed by atoms with Crippen LogP contribution >= 0.6 is 0 Å². The first-order chi connectivity index (χ1) is 14.3. The summed E-state index contributed by atoms with van der Waals surface area (Å²) in [7, 11) is 0. The van der Waals surface area contributed by atoms with Crippen molar-refractivity contribution < 1.29 is 0 Å². The molecule has 1 N–H and O–H groups in total. The van der Waals surface area contributed by atoms with E-state index < -0.39 is 0 Å². The summed E-state index contributed by atoms with van der Waals surface area (Å²) in [5.74, 6) is 1.94. The van der Waals surface area contributed by atoms with E-state index in [0.29, 0.717) is 12.0 Å². The van der Waals surface area contributed by atoms with Gasteiger partial charge in [-0.25, -0.2) is 4.98 Å². The lowest BCUT2D eigenvalue weighted by Crippen LogP contribution is -2.42. The van der Waals surface area contributed by atoms with E-state index in [0.717, 1.165) is 6.04 Å². The van der Waals surface area contributed by atoms with Crippen molar-refractivity contribution >= 4 is 21.9 Å². The SMILES string of the molecule is c1cc2cc(-c3ccc4c(c3)nc3n4C4CCC3CN(C3CCC3)C4)ccc2[nH]1. The Kier molecular flexibility index (Phi) is 3.34. The van der Waals surface area contributed by atoms with Crippen LogP contribution in [0.5, 0.6) is 0 Å². The Hall–Kier alpha value is -2.59. The monoisotopic (exact) mass is 382 g/mol. The maximum Gasteiger partial charge on any atom is 0.114 e. The molecule has 4 nitrogen and oxygen atoms in total. The maximum absolute atomic E-state index is 5.20. The fourth-order valence-electron chi connectivity index (χ4n) is 5.88. The molecule has 2 bridgehead atoms. The van der Waals surface area contributed by atoms with Gasteiger partial charge in [0.15, 0.2) is 0 Å². The molecular formula is C25H26N4. The van der Waals surface area contributed by atoms with Crippen LogP contribution in [-0.2, 0) is 0 Å². The number of H-pyrrole nitrogens is 1. The molecular weight excluding hydrogens is 356 g/mol. The highest BCUT2D eigenvalue weighted by Gasteiger charge is 2.39. The van der Waals surface area contributed by atoms with Gasteiger partial charge in [-0.05, 0) is 72.5 Å². The van der Waals surface area contributed by atoms with Gasteiger partial charge >= 0.3 is 0 Å². The Bertz CT molecular complexity index is 1230. The number of hydrogen-bond acceptors (Lipinski definition) is 2. The summed E-state index contributed by atoms with van der Waals surface area (Å²) in [5.41, 5.74) is 6.21. The average Bonchev–Trinajstić information content (AvgIpc) is 3.23. The van der Waals surface area contributed by atoms with Crippen molar-refractivity contribution in [2.24, 2.45) is 0 Å². The maximum atomic E-state index is 5.20. The van der Waals surface area contributed by atoms with E-state index in [9.17, 15) is 0 Å². The summed E-state index contributed by atoms with van der Waals surface area (Å²) in [5, 5.41) is 1.26. The van der Waals surface area contributed by atoms with Gasteiger partial charge in [-0.2, -0.15) is 0 Å². The highest BCUT2D eigenvalue weighted by atomic mass is 15.3. The molecule has 0 spiro atoms. The number of rotatable bonds is 2. The Labute approximate surface area is 170 Å². The van der Waals surface area contributed by atoms with Crippen molar-refractivity contribution in [2.45, 2.75) is 50.1 Å². The number of nitrogens with zero attached hydrogens (tertiary/aromatic N) is 3. The van der Waals surface area contributed by atoms with Crippen molar-refractivity contribution in [1.82, 2.24) is 19.4 Å². The lowest BCUT2D eigenvalue weighted by molar-refractivity contribution is 0.121. The van der Waals surface area contributed by atoms with Gasteiger partial charge in [0.05, 0.1) is 11.0 Å². The van der Waals surface area contributed by atoms with Crippen molar-refractivity contribution in [3.63, 3.8) is 0 Å². The predicted molar refractivity (Wildman–Crippen MR) is 117 cm³/mol. The van der Waals surface area contributed by atoms with Crippen LogP contribution in [-0.4, -0.2) is 38.6 Å². The molecule has 2 fully saturated rings. The Morgan fingerprint density at radius 1 is 0.862 bits per heavy atom. The van der Waals surface area contributed by atoms with Crippen LogP contribution < -0.4 is 0 Å². The first kappa shape index (κ1) is 16.2. The van der Waals surface area contributed by atoms with Crippen LogP contribution in [0.1, 0.15) is 49.9 Å². The summed E-state index contributed by atoms with van der Waals surface area (Å²) in [6, 6.07) is 17.1. The van der Waals surface area contributed by atoms with Crippen molar-refractivity contribution in [3.8, 4) is 11.1 Å². The van der Waals surface area contributed by atoms with Crippen LogP contribution in [0.15, 0.2) is 48.7 Å². The van der Waals surface area contributed by atoms with Gasteiger partial charge in [-0.3, -0.25) is 4.90 Å². The topological polar surface area (TPSA) is 36.9 Å². The molecule has 4 heteroatoms. The summed E-state index contributed by atoms with van der Waals surface area (Å²) in [4.78, 5) is 11.3. The van der Waals surface area contributed by atoms with Gasteiger partial charge in [-0.15, -0.1) is 0 Å². The Balaban J connectivity index is 1.31.